The van der Waals surface area contributed by atoms with Crippen molar-refractivity contribution in [2.24, 2.45) is 5.92 Å². The minimum absolute atomic E-state index is 0.199. The molecule has 59 heavy (non-hydrogen) atoms. The number of unbranched alkanes of at least 4 members (excludes halogenated alkanes) is 22. The molecule has 1 heterocycles. The first-order valence-corrected chi connectivity index (χ1v) is 23.5. The summed E-state index contributed by atoms with van der Waals surface area (Å²) in [4.78, 5) is 51.7. The average molecular weight is 844 g/mol. The lowest BCUT2D eigenvalue weighted by Crippen LogP contribution is -2.60. The lowest BCUT2D eigenvalue weighted by Gasteiger charge is -2.40. The highest BCUT2D eigenvalue weighted by Crippen LogP contribution is 2.24. The van der Waals surface area contributed by atoms with Crippen LogP contribution in [0, 0.1) is 5.92 Å². The lowest BCUT2D eigenvalue weighted by molar-refractivity contribution is -0.301. The quantitative estimate of drug-likeness (QED) is 0.0328. The topological polar surface area (TPSA) is 224 Å². The summed E-state index contributed by atoms with van der Waals surface area (Å²) in [5.74, 6) is -3.31. The second kappa shape index (κ2) is 35.3. The number of carbonyl (C=O) groups excluding carboxylic acids is 3. The highest BCUT2D eigenvalue weighted by atomic mass is 16.7. The van der Waals surface area contributed by atoms with Gasteiger partial charge in [-0.3, -0.25) is 19.2 Å². The number of hydrogen-bond acceptors (Lipinski definition) is 10. The van der Waals surface area contributed by atoms with Crippen LogP contribution < -0.4 is 16.0 Å². The van der Waals surface area contributed by atoms with E-state index >= 15 is 0 Å². The second-order valence-electron chi connectivity index (χ2n) is 16.8. The Morgan fingerprint density at radius 2 is 0.983 bits per heavy atom. The van der Waals surface area contributed by atoms with E-state index in [1.807, 2.05) is 0 Å². The van der Waals surface area contributed by atoms with Gasteiger partial charge in [0.15, 0.2) is 6.29 Å². The zero-order valence-corrected chi connectivity index (χ0v) is 37.0. The summed E-state index contributed by atoms with van der Waals surface area (Å²) >= 11 is 0. The van der Waals surface area contributed by atoms with Gasteiger partial charge in [0.1, 0.15) is 36.5 Å². The number of ether oxygens (including phenoxy) is 2. The van der Waals surface area contributed by atoms with Crippen LogP contribution in [0.4, 0.5) is 0 Å². The van der Waals surface area contributed by atoms with E-state index in [0.29, 0.717) is 12.8 Å². The molecule has 0 bridgehead atoms. The summed E-state index contributed by atoms with van der Waals surface area (Å²) in [5.41, 5.74) is 0. The third-order valence-corrected chi connectivity index (χ3v) is 11.6. The summed E-state index contributed by atoms with van der Waals surface area (Å²) < 4.78 is 11.2. The van der Waals surface area contributed by atoms with E-state index in [1.165, 1.54) is 110 Å². The van der Waals surface area contributed by atoms with Crippen molar-refractivity contribution in [3.05, 3.63) is 0 Å². The molecule has 3 amide bonds. The molecular formula is C45H85N3O11. The van der Waals surface area contributed by atoms with E-state index in [0.717, 1.165) is 51.4 Å². The Morgan fingerprint density at radius 1 is 0.559 bits per heavy atom. The molecule has 346 valence electrons. The van der Waals surface area contributed by atoms with E-state index < -0.39 is 80.2 Å². The van der Waals surface area contributed by atoms with Crippen molar-refractivity contribution >= 4 is 23.7 Å². The maximum atomic E-state index is 14.0. The van der Waals surface area contributed by atoms with Gasteiger partial charge in [0.2, 0.25) is 17.7 Å². The maximum Gasteiger partial charge on any atom is 0.303 e. The van der Waals surface area contributed by atoms with E-state index in [9.17, 15) is 44.7 Å². The van der Waals surface area contributed by atoms with Crippen molar-refractivity contribution < 1.29 is 54.2 Å². The number of carboxylic acid groups (broad SMARTS) is 1. The summed E-state index contributed by atoms with van der Waals surface area (Å²) in [6, 6.07) is -2.61. The molecule has 1 saturated heterocycles. The molecule has 14 nitrogen and oxygen atoms in total. The largest absolute Gasteiger partial charge is 0.481 e. The van der Waals surface area contributed by atoms with Crippen LogP contribution in [0.5, 0.6) is 0 Å². The first-order chi connectivity index (χ1) is 28.5. The zero-order chi connectivity index (χ0) is 43.7. The lowest BCUT2D eigenvalue weighted by atomic mass is 9.92. The van der Waals surface area contributed by atoms with E-state index in [4.69, 9.17) is 9.47 Å². The Labute approximate surface area is 355 Å². The van der Waals surface area contributed by atoms with Crippen LogP contribution in [0.2, 0.25) is 0 Å². The fourth-order valence-electron chi connectivity index (χ4n) is 7.72. The van der Waals surface area contributed by atoms with Crippen LogP contribution in [0.3, 0.4) is 0 Å². The Kier molecular flexibility index (Phi) is 32.7. The van der Waals surface area contributed by atoms with Crippen molar-refractivity contribution in [3.63, 3.8) is 0 Å². The molecule has 0 radical (unpaired) electrons. The van der Waals surface area contributed by atoms with Crippen LogP contribution >= 0.6 is 0 Å². The molecule has 0 unspecified atom stereocenters. The van der Waals surface area contributed by atoms with Crippen molar-refractivity contribution in [2.75, 3.05) is 20.3 Å². The normalized spacial score (nSPS) is 20.3. The van der Waals surface area contributed by atoms with Gasteiger partial charge in [-0.25, -0.2) is 0 Å². The number of nitrogens with one attached hydrogen (secondary N) is 3. The summed E-state index contributed by atoms with van der Waals surface area (Å²) in [5, 5.41) is 57.7. The number of aliphatic carboxylic acids is 1. The predicted octanol–water partition coefficient (Wildman–Crippen LogP) is 6.18. The molecule has 8 N–H and O–H groups in total. The number of aliphatic hydroxyl groups is 4. The van der Waals surface area contributed by atoms with Gasteiger partial charge >= 0.3 is 5.97 Å². The van der Waals surface area contributed by atoms with Gasteiger partial charge in [0, 0.05) is 19.4 Å². The Balaban J connectivity index is 2.97. The number of amides is 3. The molecule has 1 fully saturated rings. The molecule has 0 aromatic rings. The molecule has 0 aromatic heterocycles. The van der Waals surface area contributed by atoms with Gasteiger partial charge in [-0.2, -0.15) is 0 Å². The van der Waals surface area contributed by atoms with Gasteiger partial charge in [-0.15, -0.1) is 0 Å². The third kappa shape index (κ3) is 25.2. The molecule has 14 heteroatoms. The van der Waals surface area contributed by atoms with Crippen molar-refractivity contribution in [3.8, 4) is 0 Å². The van der Waals surface area contributed by atoms with Gasteiger partial charge in [-0.1, -0.05) is 168 Å². The van der Waals surface area contributed by atoms with E-state index in [1.54, 1.807) is 0 Å². The first-order valence-electron chi connectivity index (χ1n) is 23.5. The fourth-order valence-corrected chi connectivity index (χ4v) is 7.72. The summed E-state index contributed by atoms with van der Waals surface area (Å²) in [6.07, 6.45) is 21.6. The molecule has 1 rings (SSSR count). The first kappa shape index (κ1) is 54.7. The number of hydrogen-bond donors (Lipinski definition) is 8. The molecule has 0 spiro atoms. The van der Waals surface area contributed by atoms with E-state index in [2.05, 4.69) is 29.8 Å². The monoisotopic (exact) mass is 844 g/mol. The second-order valence-corrected chi connectivity index (χ2v) is 16.8. The number of rotatable bonds is 38. The van der Waals surface area contributed by atoms with Crippen LogP contribution in [0.1, 0.15) is 194 Å². The van der Waals surface area contributed by atoms with Crippen LogP contribution in [-0.2, 0) is 28.7 Å². The minimum Gasteiger partial charge on any atom is -0.481 e. The molecule has 1 aliphatic rings. The van der Waals surface area contributed by atoms with Crippen LogP contribution in [0.25, 0.3) is 0 Å². The summed E-state index contributed by atoms with van der Waals surface area (Å²) in [6.45, 7) is 3.23. The van der Waals surface area contributed by atoms with Crippen LogP contribution in [0.15, 0.2) is 0 Å². The number of carboxylic acids is 1. The molecule has 0 aromatic carbocycles. The van der Waals surface area contributed by atoms with Crippen molar-refractivity contribution in [1.29, 1.82) is 0 Å². The highest BCUT2D eigenvalue weighted by Gasteiger charge is 2.44. The number of carbonyl (C=O) groups is 4. The van der Waals surface area contributed by atoms with Crippen LogP contribution in [-0.4, -0.2) is 112 Å². The van der Waals surface area contributed by atoms with E-state index in [-0.39, 0.29) is 18.2 Å². The standard InChI is InChI=1S/C45H85N3O11/c1-4-6-8-10-12-14-16-18-20-22-24-26-28-34(29-27-25-23-21-19-17-15-13-11-9-7-5-2)42(55)48-36(44(57)47-35(43(56)46-3)30-31-38(50)51)33-58-45-41(54)40(53)39(52)37(32-49)59-45/h34-37,39-41,45,49,52-54H,4-33H2,1-3H3,(H,46,56)(H,47,57)(H,48,55)(H,50,51)/t35-,36+,37-,39-,40+,41+,45+/m1/s1. The zero-order valence-electron chi connectivity index (χ0n) is 37.0. The molecular weight excluding hydrogens is 759 g/mol. The molecule has 7 atom stereocenters. The number of aliphatic hydroxyl groups excluding tert-OH is 4. The molecule has 0 aliphatic carbocycles. The van der Waals surface area contributed by atoms with Gasteiger partial charge < -0.3 is 51.0 Å². The van der Waals surface area contributed by atoms with Crippen molar-refractivity contribution in [1.82, 2.24) is 16.0 Å². The average Bonchev–Trinajstić information content (AvgIpc) is 3.22. The molecule has 0 saturated carbocycles. The third-order valence-electron chi connectivity index (χ3n) is 11.6. The van der Waals surface area contributed by atoms with Crippen molar-refractivity contribution in [2.45, 2.75) is 236 Å². The van der Waals surface area contributed by atoms with Gasteiger partial charge in [-0.05, 0) is 19.3 Å². The smallest absolute Gasteiger partial charge is 0.303 e. The number of likely N-dealkylation sites (N-methyl/N-ethyl adjacent to an activating group) is 1. The maximum absolute atomic E-state index is 14.0. The molecule has 1 aliphatic heterocycles. The fraction of sp³-hybridized carbons (Fsp3) is 0.911. The Bertz CT molecular complexity index is 1070. The SMILES string of the molecule is CCCCCCCCCCCCCCC(CCCCCCCCCCCCCC)C(=O)N[C@@H](CO[C@H]1O[C@H](CO)[C@@H](O)[C@H](O)[C@@H]1O)C(=O)N[C@H](CCC(=O)O)C(=O)NC. The van der Waals surface area contributed by atoms with Gasteiger partial charge in [0.05, 0.1) is 13.2 Å². The minimum atomic E-state index is -1.73. The predicted molar refractivity (Wildman–Crippen MR) is 229 cm³/mol. The van der Waals surface area contributed by atoms with Gasteiger partial charge in [0.25, 0.3) is 0 Å². The Hall–Kier alpha value is -2.36. The highest BCUT2D eigenvalue weighted by molar-refractivity contribution is 5.92. The summed E-state index contributed by atoms with van der Waals surface area (Å²) in [7, 11) is 1.36. The Morgan fingerprint density at radius 3 is 1.39 bits per heavy atom.